The average molecular weight is 419 g/mol. The van der Waals surface area contributed by atoms with Gasteiger partial charge in [-0.3, -0.25) is 9.59 Å². The third kappa shape index (κ3) is 8.37. The number of hydrogen-bond donors (Lipinski definition) is 2. The van der Waals surface area contributed by atoms with Gasteiger partial charge in [0.15, 0.2) is 0 Å². The van der Waals surface area contributed by atoms with Crippen LogP contribution in [0.1, 0.15) is 26.7 Å². The minimum atomic E-state index is -0.496. The number of piperazine rings is 1. The zero-order valence-corrected chi connectivity index (χ0v) is 17.7. The Balaban J connectivity index is 0.00000338. The summed E-state index contributed by atoms with van der Waals surface area (Å²) in [5, 5.41) is 2.77. The van der Waals surface area contributed by atoms with E-state index in [1.165, 1.54) is 5.69 Å². The van der Waals surface area contributed by atoms with E-state index < -0.39 is 6.04 Å². The molecule has 27 heavy (non-hydrogen) atoms. The fraction of sp³-hybridized carbons (Fsp3) is 0.579. The first-order chi connectivity index (χ1) is 12.0. The topological polar surface area (TPSA) is 78.7 Å². The second kappa shape index (κ2) is 12.8. The van der Waals surface area contributed by atoms with E-state index in [-0.39, 0.29) is 36.6 Å². The Morgan fingerprint density at radius 2 is 1.67 bits per heavy atom. The summed E-state index contributed by atoms with van der Waals surface area (Å²) in [5.41, 5.74) is 7.03. The van der Waals surface area contributed by atoms with E-state index in [1.54, 1.807) is 0 Å². The SMILES string of the molecule is CC(C)C[C@H](N)C(=O)NCCC(=O)N1CCN(c2ccccc2)CC1.Cl.Cl. The first-order valence-corrected chi connectivity index (χ1v) is 9.08. The van der Waals surface area contributed by atoms with Gasteiger partial charge in [-0.1, -0.05) is 32.0 Å². The highest BCUT2D eigenvalue weighted by Crippen LogP contribution is 2.15. The lowest BCUT2D eigenvalue weighted by Gasteiger charge is -2.36. The molecule has 0 bridgehead atoms. The van der Waals surface area contributed by atoms with Gasteiger partial charge in [0, 0.05) is 44.8 Å². The molecular formula is C19H32Cl2N4O2. The van der Waals surface area contributed by atoms with Crippen molar-refractivity contribution in [2.45, 2.75) is 32.7 Å². The molecule has 154 valence electrons. The second-order valence-electron chi connectivity index (χ2n) is 6.98. The van der Waals surface area contributed by atoms with E-state index in [0.717, 1.165) is 13.1 Å². The standard InChI is InChI=1S/C19H30N4O2.2ClH/c1-15(2)14-17(20)19(25)21-9-8-18(24)23-12-10-22(11-13-23)16-6-4-3-5-7-16;;/h3-7,15,17H,8-14,20H2,1-2H3,(H,21,25);2*1H/t17-;;/m0../s1. The molecule has 1 aliphatic rings. The number of nitrogens with zero attached hydrogens (tertiary/aromatic N) is 2. The first-order valence-electron chi connectivity index (χ1n) is 9.08. The van der Waals surface area contributed by atoms with Gasteiger partial charge in [0.1, 0.15) is 0 Å². The van der Waals surface area contributed by atoms with Crippen molar-refractivity contribution in [3.8, 4) is 0 Å². The maximum absolute atomic E-state index is 12.3. The molecule has 0 aliphatic carbocycles. The number of anilines is 1. The lowest BCUT2D eigenvalue weighted by atomic mass is 10.0. The van der Waals surface area contributed by atoms with Crippen LogP contribution < -0.4 is 16.0 Å². The highest BCUT2D eigenvalue weighted by atomic mass is 35.5. The van der Waals surface area contributed by atoms with E-state index in [0.29, 0.717) is 38.4 Å². The molecule has 3 N–H and O–H groups in total. The minimum Gasteiger partial charge on any atom is -0.368 e. The van der Waals surface area contributed by atoms with Gasteiger partial charge in [0.25, 0.3) is 0 Å². The Morgan fingerprint density at radius 3 is 2.22 bits per heavy atom. The van der Waals surface area contributed by atoms with Crippen LogP contribution in [0.15, 0.2) is 30.3 Å². The smallest absolute Gasteiger partial charge is 0.236 e. The van der Waals surface area contributed by atoms with Crippen molar-refractivity contribution in [2.75, 3.05) is 37.6 Å². The van der Waals surface area contributed by atoms with Crippen molar-refractivity contribution < 1.29 is 9.59 Å². The van der Waals surface area contributed by atoms with Crippen LogP contribution in [0.4, 0.5) is 5.69 Å². The summed E-state index contributed by atoms with van der Waals surface area (Å²) < 4.78 is 0. The van der Waals surface area contributed by atoms with Crippen LogP contribution in [0.3, 0.4) is 0 Å². The molecule has 1 aromatic rings. The molecule has 2 amide bonds. The molecule has 6 nitrogen and oxygen atoms in total. The molecule has 1 heterocycles. The van der Waals surface area contributed by atoms with Crippen LogP contribution in [-0.4, -0.2) is 55.5 Å². The molecule has 0 radical (unpaired) electrons. The highest BCUT2D eigenvalue weighted by Gasteiger charge is 2.21. The quantitative estimate of drug-likeness (QED) is 0.709. The Morgan fingerprint density at radius 1 is 1.07 bits per heavy atom. The van der Waals surface area contributed by atoms with Gasteiger partial charge in [0.05, 0.1) is 6.04 Å². The van der Waals surface area contributed by atoms with E-state index in [4.69, 9.17) is 5.73 Å². The van der Waals surface area contributed by atoms with Gasteiger partial charge in [-0.05, 0) is 24.5 Å². The van der Waals surface area contributed by atoms with Gasteiger partial charge in [-0.15, -0.1) is 24.8 Å². The molecule has 0 unspecified atom stereocenters. The van der Waals surface area contributed by atoms with Gasteiger partial charge in [0.2, 0.25) is 11.8 Å². The monoisotopic (exact) mass is 418 g/mol. The van der Waals surface area contributed by atoms with Crippen LogP contribution in [0.2, 0.25) is 0 Å². The molecule has 1 fully saturated rings. The average Bonchev–Trinajstić information content (AvgIpc) is 2.61. The Kier molecular flexibility index (Phi) is 12.1. The van der Waals surface area contributed by atoms with E-state index in [9.17, 15) is 9.59 Å². The van der Waals surface area contributed by atoms with Crippen LogP contribution in [0, 0.1) is 5.92 Å². The predicted octanol–water partition coefficient (Wildman–Crippen LogP) is 2.06. The number of rotatable bonds is 7. The fourth-order valence-corrected chi connectivity index (χ4v) is 3.05. The maximum atomic E-state index is 12.3. The molecule has 1 atom stereocenters. The first kappa shape index (κ1) is 25.5. The summed E-state index contributed by atoms with van der Waals surface area (Å²) in [6, 6.07) is 9.74. The van der Waals surface area contributed by atoms with Gasteiger partial charge < -0.3 is 20.9 Å². The largest absolute Gasteiger partial charge is 0.368 e. The van der Waals surface area contributed by atoms with Crippen molar-refractivity contribution in [1.29, 1.82) is 0 Å². The van der Waals surface area contributed by atoms with Crippen LogP contribution in [0.5, 0.6) is 0 Å². The van der Waals surface area contributed by atoms with Crippen molar-refractivity contribution in [3.63, 3.8) is 0 Å². The molecule has 1 aromatic carbocycles. The van der Waals surface area contributed by atoms with Crippen molar-refractivity contribution in [3.05, 3.63) is 30.3 Å². The van der Waals surface area contributed by atoms with Crippen molar-refractivity contribution in [2.24, 2.45) is 11.7 Å². The number of hydrogen-bond acceptors (Lipinski definition) is 4. The molecule has 2 rings (SSSR count). The van der Waals surface area contributed by atoms with Crippen molar-refractivity contribution in [1.82, 2.24) is 10.2 Å². The fourth-order valence-electron chi connectivity index (χ4n) is 3.05. The minimum absolute atomic E-state index is 0. The second-order valence-corrected chi connectivity index (χ2v) is 6.98. The van der Waals surface area contributed by atoms with E-state index >= 15 is 0 Å². The van der Waals surface area contributed by atoms with Crippen LogP contribution in [0.25, 0.3) is 0 Å². The third-order valence-corrected chi connectivity index (χ3v) is 4.45. The molecule has 8 heteroatoms. The Hall–Kier alpha value is -1.50. The summed E-state index contributed by atoms with van der Waals surface area (Å²) in [5.74, 6) is 0.295. The highest BCUT2D eigenvalue weighted by molar-refractivity contribution is 5.85. The molecule has 0 aromatic heterocycles. The molecule has 0 saturated carbocycles. The lowest BCUT2D eigenvalue weighted by Crippen LogP contribution is -2.49. The van der Waals surface area contributed by atoms with Gasteiger partial charge >= 0.3 is 0 Å². The normalized spacial score (nSPS) is 14.8. The molecular weight excluding hydrogens is 387 g/mol. The summed E-state index contributed by atoms with van der Waals surface area (Å²) in [6.07, 6.45) is 0.979. The number of carbonyl (C=O) groups is 2. The predicted molar refractivity (Wildman–Crippen MR) is 115 cm³/mol. The zero-order valence-electron chi connectivity index (χ0n) is 16.1. The lowest BCUT2D eigenvalue weighted by molar-refractivity contribution is -0.131. The van der Waals surface area contributed by atoms with Gasteiger partial charge in [-0.25, -0.2) is 0 Å². The van der Waals surface area contributed by atoms with Crippen LogP contribution in [-0.2, 0) is 9.59 Å². The third-order valence-electron chi connectivity index (χ3n) is 4.45. The number of carbonyl (C=O) groups excluding carboxylic acids is 2. The maximum Gasteiger partial charge on any atom is 0.236 e. The Labute approximate surface area is 174 Å². The number of amides is 2. The number of nitrogens with two attached hydrogens (primary N) is 1. The summed E-state index contributed by atoms with van der Waals surface area (Å²) in [6.45, 7) is 7.52. The number of nitrogens with one attached hydrogen (secondary N) is 1. The van der Waals surface area contributed by atoms with Crippen LogP contribution >= 0.6 is 24.8 Å². The molecule has 0 spiro atoms. The summed E-state index contributed by atoms with van der Waals surface area (Å²) >= 11 is 0. The van der Waals surface area contributed by atoms with Gasteiger partial charge in [-0.2, -0.15) is 0 Å². The molecule has 1 aliphatic heterocycles. The summed E-state index contributed by atoms with van der Waals surface area (Å²) in [4.78, 5) is 28.3. The number of para-hydroxylation sites is 1. The van der Waals surface area contributed by atoms with E-state index in [2.05, 4.69) is 22.3 Å². The number of halogens is 2. The number of benzene rings is 1. The Bertz CT molecular complexity index is 564. The van der Waals surface area contributed by atoms with Crippen molar-refractivity contribution >= 4 is 42.3 Å². The molecule has 1 saturated heterocycles. The summed E-state index contributed by atoms with van der Waals surface area (Å²) in [7, 11) is 0. The zero-order chi connectivity index (χ0) is 18.2. The van der Waals surface area contributed by atoms with E-state index in [1.807, 2.05) is 36.9 Å².